The van der Waals surface area contributed by atoms with E-state index in [1.807, 2.05) is 0 Å². The van der Waals surface area contributed by atoms with E-state index < -0.39 is 22.8 Å². The Labute approximate surface area is 102 Å². The zero-order valence-corrected chi connectivity index (χ0v) is 10.0. The van der Waals surface area contributed by atoms with E-state index in [0.717, 1.165) is 0 Å². The average Bonchev–Trinajstić information content (AvgIpc) is 2.63. The monoisotopic (exact) mass is 287 g/mol. The molecule has 0 unspecified atom stereocenters. The van der Waals surface area contributed by atoms with Crippen LogP contribution in [0.15, 0.2) is 17.6 Å². The second-order valence-electron chi connectivity index (χ2n) is 3.52. The van der Waals surface area contributed by atoms with Crippen molar-refractivity contribution >= 4 is 10.0 Å². The average molecular weight is 287 g/mol. The predicted molar refractivity (Wildman–Crippen MR) is 55.1 cm³/mol. The Bertz CT molecular complexity index is 483. The molecule has 0 saturated heterocycles. The van der Waals surface area contributed by atoms with Crippen molar-refractivity contribution in [2.45, 2.75) is 24.2 Å². The molecule has 0 bridgehead atoms. The van der Waals surface area contributed by atoms with Crippen molar-refractivity contribution in [2.24, 2.45) is 5.14 Å². The minimum absolute atomic E-state index is 0.0810. The largest absolute Gasteiger partial charge is 0.411 e. The Hall–Kier alpha value is -1.13. The molecule has 6 nitrogen and oxygen atoms in total. The second-order valence-corrected chi connectivity index (χ2v) is 5.02. The summed E-state index contributed by atoms with van der Waals surface area (Å²) < 4.78 is 62.7. The summed E-state index contributed by atoms with van der Waals surface area (Å²) in [6, 6.07) is 0. The lowest BCUT2D eigenvalue weighted by Gasteiger charge is -2.07. The maximum absolute atomic E-state index is 11.7. The number of hydrogen-bond acceptors (Lipinski definition) is 4. The number of nitrogens with zero attached hydrogens (tertiary/aromatic N) is 2. The van der Waals surface area contributed by atoms with Crippen LogP contribution in [-0.2, 0) is 21.3 Å². The number of nitrogens with two attached hydrogens (primary N) is 1. The van der Waals surface area contributed by atoms with E-state index in [1.165, 1.54) is 17.1 Å². The van der Waals surface area contributed by atoms with Crippen molar-refractivity contribution in [1.82, 2.24) is 9.55 Å². The third kappa shape index (κ3) is 5.47. The summed E-state index contributed by atoms with van der Waals surface area (Å²) in [5, 5.41) is 4.56. The number of sulfonamides is 1. The lowest BCUT2D eigenvalue weighted by molar-refractivity contribution is -0.174. The van der Waals surface area contributed by atoms with Gasteiger partial charge in [0.2, 0.25) is 0 Å². The minimum Gasteiger partial charge on any atom is -0.372 e. The van der Waals surface area contributed by atoms with Gasteiger partial charge < -0.3 is 9.30 Å². The predicted octanol–water partition coefficient (Wildman–Crippen LogP) is 0.499. The van der Waals surface area contributed by atoms with E-state index in [9.17, 15) is 21.6 Å². The molecule has 104 valence electrons. The van der Waals surface area contributed by atoms with Crippen molar-refractivity contribution in [3.05, 3.63) is 12.5 Å². The molecule has 1 aromatic heterocycles. The summed E-state index contributed by atoms with van der Waals surface area (Å²) in [6.07, 6.45) is -1.59. The molecule has 1 heterocycles. The van der Waals surface area contributed by atoms with Crippen LogP contribution in [-0.4, -0.2) is 37.4 Å². The number of alkyl halides is 3. The van der Waals surface area contributed by atoms with Gasteiger partial charge in [-0.3, -0.25) is 0 Å². The number of rotatable bonds is 6. The zero-order valence-electron chi connectivity index (χ0n) is 9.22. The summed E-state index contributed by atoms with van der Waals surface area (Å²) in [7, 11) is -3.85. The molecule has 0 amide bonds. The lowest BCUT2D eigenvalue weighted by atomic mass is 10.4. The SMILES string of the molecule is NS(=O)(=O)c1cn(CCCOCC(F)(F)F)cn1. The van der Waals surface area contributed by atoms with Crippen LogP contribution >= 0.6 is 0 Å². The fourth-order valence-corrected chi connectivity index (χ4v) is 1.62. The van der Waals surface area contributed by atoms with Crippen LogP contribution in [0.5, 0.6) is 0 Å². The molecule has 1 aromatic rings. The molecule has 0 fully saturated rings. The van der Waals surface area contributed by atoms with Crippen LogP contribution in [0.1, 0.15) is 6.42 Å². The fourth-order valence-electron chi connectivity index (χ4n) is 1.15. The van der Waals surface area contributed by atoms with Gasteiger partial charge in [0.1, 0.15) is 6.61 Å². The van der Waals surface area contributed by atoms with Crippen LogP contribution in [0, 0.1) is 0 Å². The highest BCUT2D eigenvalue weighted by molar-refractivity contribution is 7.89. The summed E-state index contributed by atoms with van der Waals surface area (Å²) >= 11 is 0. The third-order valence-corrected chi connectivity index (χ3v) is 2.67. The Morgan fingerprint density at radius 1 is 1.44 bits per heavy atom. The molecule has 10 heteroatoms. The molecule has 0 aliphatic heterocycles. The maximum Gasteiger partial charge on any atom is 0.411 e. The second kappa shape index (κ2) is 5.67. The first-order valence-corrected chi connectivity index (χ1v) is 6.42. The number of hydrogen-bond donors (Lipinski definition) is 1. The van der Waals surface area contributed by atoms with Gasteiger partial charge in [0.15, 0.2) is 5.03 Å². The van der Waals surface area contributed by atoms with Crippen LogP contribution in [0.4, 0.5) is 13.2 Å². The van der Waals surface area contributed by atoms with Gasteiger partial charge in [-0.15, -0.1) is 0 Å². The van der Waals surface area contributed by atoms with E-state index in [0.29, 0.717) is 13.0 Å². The highest BCUT2D eigenvalue weighted by Crippen LogP contribution is 2.14. The summed E-state index contributed by atoms with van der Waals surface area (Å²) in [5.74, 6) is 0. The number of imidazole rings is 1. The van der Waals surface area contributed by atoms with E-state index in [1.54, 1.807) is 0 Å². The molecule has 0 saturated carbocycles. The normalized spacial score (nSPS) is 12.9. The van der Waals surface area contributed by atoms with Gasteiger partial charge in [0.05, 0.1) is 6.33 Å². The van der Waals surface area contributed by atoms with Gasteiger partial charge in [-0.05, 0) is 6.42 Å². The van der Waals surface area contributed by atoms with Crippen molar-refractivity contribution in [2.75, 3.05) is 13.2 Å². The number of halogens is 3. The highest BCUT2D eigenvalue weighted by atomic mass is 32.2. The molecule has 0 aliphatic rings. The van der Waals surface area contributed by atoms with Gasteiger partial charge in [0.25, 0.3) is 10.0 Å². The Morgan fingerprint density at radius 3 is 2.61 bits per heavy atom. The first-order valence-electron chi connectivity index (χ1n) is 4.87. The number of ether oxygens (including phenoxy) is 1. The van der Waals surface area contributed by atoms with Gasteiger partial charge in [0, 0.05) is 19.3 Å². The van der Waals surface area contributed by atoms with Crippen LogP contribution in [0.25, 0.3) is 0 Å². The molecule has 0 spiro atoms. The van der Waals surface area contributed by atoms with Crippen molar-refractivity contribution in [3.8, 4) is 0 Å². The summed E-state index contributed by atoms with van der Waals surface area (Å²) in [4.78, 5) is 3.55. The molecule has 18 heavy (non-hydrogen) atoms. The molecular weight excluding hydrogens is 275 g/mol. The lowest BCUT2D eigenvalue weighted by Crippen LogP contribution is -2.17. The number of aryl methyl sites for hydroxylation is 1. The quantitative estimate of drug-likeness (QED) is 0.772. The first-order chi connectivity index (χ1) is 8.18. The molecule has 1 rings (SSSR count). The van der Waals surface area contributed by atoms with Gasteiger partial charge in [-0.1, -0.05) is 0 Å². The Balaban J connectivity index is 2.31. The maximum atomic E-state index is 11.7. The first kappa shape index (κ1) is 14.9. The van der Waals surface area contributed by atoms with Crippen molar-refractivity contribution < 1.29 is 26.3 Å². The Kier molecular flexibility index (Phi) is 4.71. The third-order valence-electron chi connectivity index (χ3n) is 1.87. The van der Waals surface area contributed by atoms with E-state index in [4.69, 9.17) is 5.14 Å². The highest BCUT2D eigenvalue weighted by Gasteiger charge is 2.27. The van der Waals surface area contributed by atoms with Gasteiger partial charge >= 0.3 is 6.18 Å². The molecule has 0 radical (unpaired) electrons. The summed E-state index contributed by atoms with van der Waals surface area (Å²) in [6.45, 7) is -1.08. The standard InChI is InChI=1S/C8H12F3N3O3S/c9-8(10,11)5-17-3-1-2-14-4-7(13-6-14)18(12,15)16/h4,6H,1-3,5H2,(H2,12,15,16). The van der Waals surface area contributed by atoms with E-state index in [-0.39, 0.29) is 11.6 Å². The molecule has 0 aromatic carbocycles. The molecule has 2 N–H and O–H groups in total. The molecule has 0 atom stereocenters. The van der Waals surface area contributed by atoms with Crippen LogP contribution in [0.2, 0.25) is 0 Å². The van der Waals surface area contributed by atoms with Crippen LogP contribution in [0.3, 0.4) is 0 Å². The topological polar surface area (TPSA) is 87.2 Å². The minimum atomic E-state index is -4.34. The van der Waals surface area contributed by atoms with E-state index in [2.05, 4.69) is 9.72 Å². The van der Waals surface area contributed by atoms with Crippen molar-refractivity contribution in [3.63, 3.8) is 0 Å². The number of primary sulfonamides is 1. The number of aromatic nitrogens is 2. The Morgan fingerprint density at radius 2 is 2.11 bits per heavy atom. The summed E-state index contributed by atoms with van der Waals surface area (Å²) in [5.41, 5.74) is 0. The smallest absolute Gasteiger partial charge is 0.372 e. The van der Waals surface area contributed by atoms with Crippen LogP contribution < -0.4 is 5.14 Å². The van der Waals surface area contributed by atoms with E-state index >= 15 is 0 Å². The zero-order chi connectivity index (χ0) is 13.8. The fraction of sp³-hybridized carbons (Fsp3) is 0.625. The van der Waals surface area contributed by atoms with Crippen molar-refractivity contribution in [1.29, 1.82) is 0 Å². The van der Waals surface area contributed by atoms with Gasteiger partial charge in [-0.25, -0.2) is 18.5 Å². The van der Waals surface area contributed by atoms with Gasteiger partial charge in [-0.2, -0.15) is 13.2 Å². The molecular formula is C8H12F3N3O3S. The molecule has 0 aliphatic carbocycles.